The highest BCUT2D eigenvalue weighted by Gasteiger charge is 2.29. The Morgan fingerprint density at radius 3 is 2.50 bits per heavy atom. The highest BCUT2D eigenvalue weighted by atomic mass is 16.5. The van der Waals surface area contributed by atoms with E-state index in [-0.39, 0.29) is 16.9 Å². The van der Waals surface area contributed by atoms with Gasteiger partial charge in [-0.15, -0.1) is 0 Å². The van der Waals surface area contributed by atoms with Crippen molar-refractivity contribution in [2.45, 2.75) is 45.2 Å². The van der Waals surface area contributed by atoms with Gasteiger partial charge >= 0.3 is 0 Å². The maximum atomic E-state index is 13.0. The van der Waals surface area contributed by atoms with Crippen molar-refractivity contribution in [1.82, 2.24) is 5.32 Å². The number of ether oxygens (including phenoxy) is 2. The zero-order chi connectivity index (χ0) is 21.5. The molecule has 0 amide bonds. The van der Waals surface area contributed by atoms with Crippen molar-refractivity contribution in [1.29, 1.82) is 0 Å². The molecule has 5 nitrogen and oxygen atoms in total. The van der Waals surface area contributed by atoms with Crippen LogP contribution in [0, 0.1) is 0 Å². The molecule has 2 heterocycles. The van der Waals surface area contributed by atoms with Crippen molar-refractivity contribution in [3.63, 3.8) is 0 Å². The Labute approximate surface area is 177 Å². The van der Waals surface area contributed by atoms with Crippen LogP contribution in [0.15, 0.2) is 53.5 Å². The number of methoxy groups -OCH3 is 1. The Kier molecular flexibility index (Phi) is 4.92. The van der Waals surface area contributed by atoms with E-state index in [1.54, 1.807) is 13.2 Å². The van der Waals surface area contributed by atoms with Gasteiger partial charge in [0.2, 0.25) is 5.90 Å². The average molecular weight is 405 g/mol. The Balaban J connectivity index is 1.63. The summed E-state index contributed by atoms with van der Waals surface area (Å²) in [6.07, 6.45) is 2.56. The van der Waals surface area contributed by atoms with Crippen molar-refractivity contribution in [3.05, 3.63) is 70.8 Å². The monoisotopic (exact) mass is 404 g/mol. The maximum Gasteiger partial charge on any atom is 0.216 e. The highest BCUT2D eigenvalue weighted by Crippen LogP contribution is 2.32. The van der Waals surface area contributed by atoms with Crippen molar-refractivity contribution >= 4 is 17.4 Å². The number of aliphatic imine (C=N–C) groups is 1. The van der Waals surface area contributed by atoms with Crippen LogP contribution >= 0.6 is 0 Å². The Hall–Kier alpha value is -3.08. The zero-order valence-corrected chi connectivity index (χ0v) is 18.2. The summed E-state index contributed by atoms with van der Waals surface area (Å²) in [5, 5.41) is 3.51. The fourth-order valence-electron chi connectivity index (χ4n) is 3.88. The van der Waals surface area contributed by atoms with Crippen molar-refractivity contribution in [2.75, 3.05) is 13.7 Å². The lowest BCUT2D eigenvalue weighted by atomic mass is 9.85. The number of nitrogens with zero attached hydrogens (tertiary/aromatic N) is 1. The van der Waals surface area contributed by atoms with E-state index < -0.39 is 0 Å². The minimum atomic E-state index is -0.206. The fourth-order valence-corrected chi connectivity index (χ4v) is 3.88. The van der Waals surface area contributed by atoms with Crippen LogP contribution in [0.2, 0.25) is 0 Å². The number of hydrogen-bond acceptors (Lipinski definition) is 5. The first-order valence-corrected chi connectivity index (χ1v) is 10.2. The van der Waals surface area contributed by atoms with Gasteiger partial charge in [0, 0.05) is 34.0 Å². The van der Waals surface area contributed by atoms with Gasteiger partial charge in [-0.3, -0.25) is 4.79 Å². The van der Waals surface area contributed by atoms with Gasteiger partial charge in [0.25, 0.3) is 0 Å². The number of carbonyl (C=O) groups is 1. The molecule has 2 aromatic carbocycles. The summed E-state index contributed by atoms with van der Waals surface area (Å²) >= 11 is 0. The topological polar surface area (TPSA) is 59.9 Å². The van der Waals surface area contributed by atoms with E-state index in [2.05, 4.69) is 30.2 Å². The lowest BCUT2D eigenvalue weighted by molar-refractivity contribution is 0.104. The second kappa shape index (κ2) is 7.31. The Morgan fingerprint density at radius 1 is 1.13 bits per heavy atom. The molecule has 0 fully saturated rings. The number of nitrogens with one attached hydrogen (secondary N) is 1. The number of ketones is 1. The van der Waals surface area contributed by atoms with Crippen molar-refractivity contribution in [3.8, 4) is 5.75 Å². The molecule has 1 N–H and O–H groups in total. The molecular formula is C25H28N2O3. The number of carbonyl (C=O) groups excluding carboxylic acids is 1. The van der Waals surface area contributed by atoms with Crippen LogP contribution in [0.3, 0.4) is 0 Å². The molecule has 0 saturated carbocycles. The van der Waals surface area contributed by atoms with E-state index in [1.165, 1.54) is 5.56 Å². The third-order valence-electron chi connectivity index (χ3n) is 5.37. The number of rotatable bonds is 4. The van der Waals surface area contributed by atoms with Crippen molar-refractivity contribution < 1.29 is 14.3 Å². The minimum absolute atomic E-state index is 0.0508. The molecule has 0 radical (unpaired) electrons. The van der Waals surface area contributed by atoms with Gasteiger partial charge in [-0.1, -0.05) is 18.2 Å². The molecular weight excluding hydrogens is 376 g/mol. The molecule has 30 heavy (non-hydrogen) atoms. The molecule has 0 atom stereocenters. The molecule has 0 saturated heterocycles. The number of fused-ring (bicyclic) bond motifs is 1. The van der Waals surface area contributed by atoms with Gasteiger partial charge in [0.1, 0.15) is 12.4 Å². The molecule has 0 bridgehead atoms. The normalized spacial score (nSPS) is 20.0. The Morgan fingerprint density at radius 2 is 1.87 bits per heavy atom. The molecule has 2 aliphatic heterocycles. The smallest absolute Gasteiger partial charge is 0.216 e. The van der Waals surface area contributed by atoms with Gasteiger partial charge < -0.3 is 14.8 Å². The largest absolute Gasteiger partial charge is 0.497 e. The predicted octanol–water partition coefficient (Wildman–Crippen LogP) is 4.40. The third-order valence-corrected chi connectivity index (χ3v) is 5.37. The average Bonchev–Trinajstić information content (AvgIpc) is 3.07. The van der Waals surface area contributed by atoms with E-state index >= 15 is 0 Å². The summed E-state index contributed by atoms with van der Waals surface area (Å²) < 4.78 is 11.1. The molecule has 0 unspecified atom stereocenters. The van der Waals surface area contributed by atoms with Crippen LogP contribution in [-0.2, 0) is 11.2 Å². The van der Waals surface area contributed by atoms with Gasteiger partial charge in [-0.25, -0.2) is 4.99 Å². The van der Waals surface area contributed by atoms with E-state index in [0.29, 0.717) is 18.1 Å². The first kappa shape index (κ1) is 20.2. The molecule has 0 spiro atoms. The molecule has 2 aromatic rings. The zero-order valence-electron chi connectivity index (χ0n) is 18.2. The van der Waals surface area contributed by atoms with Gasteiger partial charge in [0.05, 0.1) is 12.6 Å². The highest BCUT2D eigenvalue weighted by molar-refractivity contribution is 6.09. The number of benzene rings is 2. The molecule has 0 aromatic heterocycles. The summed E-state index contributed by atoms with van der Waals surface area (Å²) in [7, 11) is 1.65. The van der Waals surface area contributed by atoms with Crippen LogP contribution in [0.4, 0.5) is 0 Å². The molecule has 4 rings (SSSR count). The summed E-state index contributed by atoms with van der Waals surface area (Å²) in [5.74, 6) is 1.36. The first-order chi connectivity index (χ1) is 14.2. The maximum absolute atomic E-state index is 13.0. The molecule has 2 aliphatic rings. The van der Waals surface area contributed by atoms with Gasteiger partial charge in [-0.05, 0) is 63.9 Å². The minimum Gasteiger partial charge on any atom is -0.497 e. The lowest BCUT2D eigenvalue weighted by Gasteiger charge is -2.35. The van der Waals surface area contributed by atoms with Crippen LogP contribution in [0.1, 0.15) is 54.7 Å². The van der Waals surface area contributed by atoms with Crippen LogP contribution in [0.5, 0.6) is 5.75 Å². The van der Waals surface area contributed by atoms with Gasteiger partial charge in [0.15, 0.2) is 5.78 Å². The van der Waals surface area contributed by atoms with Crippen LogP contribution in [-0.4, -0.2) is 36.5 Å². The third kappa shape index (κ3) is 4.11. The molecule has 156 valence electrons. The van der Waals surface area contributed by atoms with E-state index in [0.717, 1.165) is 29.0 Å². The molecule has 0 aliphatic carbocycles. The quantitative estimate of drug-likeness (QED) is 0.606. The summed E-state index contributed by atoms with van der Waals surface area (Å²) in [6, 6.07) is 13.5. The SMILES string of the molecule is COc1ccc2c(c1)/C(=C/C(=O)c1ccc(C3=NC(C)(C)CO3)cc1)NC(C)(C)C2. The second-order valence-electron chi connectivity index (χ2n) is 9.23. The summed E-state index contributed by atoms with van der Waals surface area (Å²) in [5.41, 5.74) is 4.20. The predicted molar refractivity (Wildman–Crippen MR) is 119 cm³/mol. The van der Waals surface area contributed by atoms with Crippen molar-refractivity contribution in [2.24, 2.45) is 4.99 Å². The molecule has 5 heteroatoms. The Bertz CT molecular complexity index is 1050. The van der Waals surface area contributed by atoms with Crippen LogP contribution < -0.4 is 10.1 Å². The number of hydrogen-bond donors (Lipinski definition) is 1. The second-order valence-corrected chi connectivity index (χ2v) is 9.23. The van der Waals surface area contributed by atoms with E-state index in [1.807, 2.05) is 50.2 Å². The summed E-state index contributed by atoms with van der Waals surface area (Å²) in [6.45, 7) is 8.92. The number of allylic oxidation sites excluding steroid dienone is 1. The standard InChI is InChI=1S/C25H28N2O3/c1-24(2)14-18-10-11-19(29-5)12-20(18)21(26-24)13-22(28)16-6-8-17(9-7-16)23-27-25(3,4)15-30-23/h6-13,26H,14-15H2,1-5H3/b21-13-. The lowest BCUT2D eigenvalue weighted by Crippen LogP contribution is -2.43. The first-order valence-electron chi connectivity index (χ1n) is 10.2. The summed E-state index contributed by atoms with van der Waals surface area (Å²) in [4.78, 5) is 17.6. The fraction of sp³-hybridized carbons (Fsp3) is 0.360. The van der Waals surface area contributed by atoms with Gasteiger partial charge in [-0.2, -0.15) is 0 Å². The van der Waals surface area contributed by atoms with Crippen LogP contribution in [0.25, 0.3) is 5.70 Å². The van der Waals surface area contributed by atoms with E-state index in [4.69, 9.17) is 9.47 Å². The van der Waals surface area contributed by atoms with E-state index in [9.17, 15) is 4.79 Å².